The van der Waals surface area contributed by atoms with Crippen molar-refractivity contribution in [1.29, 1.82) is 0 Å². The van der Waals surface area contributed by atoms with Crippen LogP contribution in [0.25, 0.3) is 17.1 Å². The molecule has 0 fully saturated rings. The van der Waals surface area contributed by atoms with Gasteiger partial charge in [-0.05, 0) is 24.3 Å². The first-order chi connectivity index (χ1) is 11.9. The van der Waals surface area contributed by atoms with Crippen LogP contribution >= 0.6 is 0 Å². The quantitative estimate of drug-likeness (QED) is 0.595. The van der Waals surface area contributed by atoms with Crippen LogP contribution in [0.5, 0.6) is 0 Å². The summed E-state index contributed by atoms with van der Waals surface area (Å²) in [6, 6.07) is 30.2. The minimum atomic E-state index is 0.686. The Bertz CT molecular complexity index is 916. The highest BCUT2D eigenvalue weighted by Crippen LogP contribution is 2.26. The van der Waals surface area contributed by atoms with Gasteiger partial charge in [0.05, 0.1) is 5.69 Å². The van der Waals surface area contributed by atoms with Crippen LogP contribution in [0.4, 0.5) is 11.6 Å². The summed E-state index contributed by atoms with van der Waals surface area (Å²) in [5, 5.41) is 12.1. The maximum absolute atomic E-state index is 4.41. The molecule has 3 aromatic carbocycles. The molecule has 1 aromatic heterocycles. The summed E-state index contributed by atoms with van der Waals surface area (Å²) >= 11 is 0. The average molecular weight is 312 g/mol. The Morgan fingerprint density at radius 3 is 1.88 bits per heavy atom. The number of hydrogen-bond donors (Lipinski definition) is 1. The molecule has 0 saturated heterocycles. The summed E-state index contributed by atoms with van der Waals surface area (Å²) in [5.41, 5.74) is 3.01. The van der Waals surface area contributed by atoms with Gasteiger partial charge in [-0.1, -0.05) is 66.7 Å². The third-order valence-electron chi connectivity index (χ3n) is 3.74. The summed E-state index contributed by atoms with van der Waals surface area (Å²) in [7, 11) is 0. The molecule has 0 unspecified atom stereocenters. The van der Waals surface area contributed by atoms with Crippen LogP contribution in [0, 0.1) is 0 Å². The van der Waals surface area contributed by atoms with Crippen molar-refractivity contribution in [1.82, 2.24) is 14.8 Å². The van der Waals surface area contributed by atoms with Crippen molar-refractivity contribution in [3.05, 3.63) is 91.0 Å². The van der Waals surface area contributed by atoms with E-state index in [-0.39, 0.29) is 0 Å². The Balaban J connectivity index is 1.84. The molecular formula is C20H16N4. The highest BCUT2D eigenvalue weighted by molar-refractivity contribution is 5.64. The van der Waals surface area contributed by atoms with Crippen LogP contribution in [-0.4, -0.2) is 14.8 Å². The molecule has 4 rings (SSSR count). The molecular weight excluding hydrogens is 296 g/mol. The van der Waals surface area contributed by atoms with Crippen LogP contribution in [0.15, 0.2) is 91.0 Å². The summed E-state index contributed by atoms with van der Waals surface area (Å²) in [4.78, 5) is 0. The molecule has 116 valence electrons. The molecule has 0 aliphatic heterocycles. The zero-order chi connectivity index (χ0) is 16.2. The van der Waals surface area contributed by atoms with Gasteiger partial charge < -0.3 is 5.32 Å². The lowest BCUT2D eigenvalue weighted by Gasteiger charge is -2.11. The van der Waals surface area contributed by atoms with Crippen molar-refractivity contribution in [2.45, 2.75) is 0 Å². The first kappa shape index (κ1) is 14.2. The van der Waals surface area contributed by atoms with Gasteiger partial charge in [-0.2, -0.15) is 0 Å². The van der Waals surface area contributed by atoms with Crippen LogP contribution in [0.3, 0.4) is 0 Å². The monoisotopic (exact) mass is 312 g/mol. The first-order valence-electron chi connectivity index (χ1n) is 7.80. The second-order valence-corrected chi connectivity index (χ2v) is 5.38. The van der Waals surface area contributed by atoms with Crippen molar-refractivity contribution in [2.24, 2.45) is 0 Å². The predicted octanol–water partition coefficient (Wildman–Crippen LogP) is 4.68. The van der Waals surface area contributed by atoms with E-state index in [1.165, 1.54) is 0 Å². The van der Waals surface area contributed by atoms with E-state index < -0.39 is 0 Å². The average Bonchev–Trinajstić information content (AvgIpc) is 3.07. The second kappa shape index (κ2) is 6.38. The normalized spacial score (nSPS) is 10.5. The van der Waals surface area contributed by atoms with E-state index in [0.29, 0.717) is 5.95 Å². The van der Waals surface area contributed by atoms with E-state index >= 15 is 0 Å². The predicted molar refractivity (Wildman–Crippen MR) is 96.5 cm³/mol. The van der Waals surface area contributed by atoms with E-state index in [4.69, 9.17) is 0 Å². The molecule has 0 aliphatic carbocycles. The first-order valence-corrected chi connectivity index (χ1v) is 7.80. The Morgan fingerprint density at radius 1 is 0.625 bits per heavy atom. The van der Waals surface area contributed by atoms with E-state index in [1.54, 1.807) is 0 Å². The maximum atomic E-state index is 4.41. The molecule has 0 atom stereocenters. The maximum Gasteiger partial charge on any atom is 0.234 e. The van der Waals surface area contributed by atoms with E-state index in [9.17, 15) is 0 Å². The Labute approximate surface area is 140 Å². The number of hydrogen-bond acceptors (Lipinski definition) is 3. The summed E-state index contributed by atoms with van der Waals surface area (Å²) < 4.78 is 2.03. The molecule has 0 bridgehead atoms. The van der Waals surface area contributed by atoms with Gasteiger partial charge in [0.1, 0.15) is 0 Å². The van der Waals surface area contributed by atoms with Crippen molar-refractivity contribution >= 4 is 11.6 Å². The van der Waals surface area contributed by atoms with E-state index in [0.717, 1.165) is 22.8 Å². The van der Waals surface area contributed by atoms with Gasteiger partial charge in [-0.15, -0.1) is 10.2 Å². The third kappa shape index (κ3) is 2.77. The fourth-order valence-electron chi connectivity index (χ4n) is 2.61. The molecule has 0 amide bonds. The minimum Gasteiger partial charge on any atom is -0.324 e. The zero-order valence-corrected chi connectivity index (χ0v) is 13.0. The topological polar surface area (TPSA) is 42.7 Å². The fraction of sp³-hybridized carbons (Fsp3) is 0. The molecule has 4 heteroatoms. The van der Waals surface area contributed by atoms with Crippen molar-refractivity contribution < 1.29 is 0 Å². The molecule has 1 N–H and O–H groups in total. The number of nitrogens with zero attached hydrogens (tertiary/aromatic N) is 3. The van der Waals surface area contributed by atoms with Gasteiger partial charge in [0.15, 0.2) is 5.82 Å². The van der Waals surface area contributed by atoms with Crippen LogP contribution in [-0.2, 0) is 0 Å². The summed E-state index contributed by atoms with van der Waals surface area (Å²) in [6.45, 7) is 0. The molecule has 0 radical (unpaired) electrons. The van der Waals surface area contributed by atoms with Gasteiger partial charge in [0, 0.05) is 11.3 Å². The Hall–Kier alpha value is -3.40. The highest BCUT2D eigenvalue weighted by atomic mass is 15.4. The summed E-state index contributed by atoms with van der Waals surface area (Å²) in [6.07, 6.45) is 0. The van der Waals surface area contributed by atoms with Gasteiger partial charge in [-0.3, -0.25) is 4.57 Å². The van der Waals surface area contributed by atoms with E-state index in [1.807, 2.05) is 95.6 Å². The van der Waals surface area contributed by atoms with Crippen LogP contribution in [0.2, 0.25) is 0 Å². The molecule has 0 spiro atoms. The number of benzene rings is 3. The molecule has 0 aliphatic rings. The minimum absolute atomic E-state index is 0.686. The number of anilines is 2. The van der Waals surface area contributed by atoms with E-state index in [2.05, 4.69) is 15.5 Å². The van der Waals surface area contributed by atoms with Crippen molar-refractivity contribution in [3.63, 3.8) is 0 Å². The van der Waals surface area contributed by atoms with Gasteiger partial charge >= 0.3 is 0 Å². The van der Waals surface area contributed by atoms with Crippen molar-refractivity contribution in [2.75, 3.05) is 5.32 Å². The van der Waals surface area contributed by atoms with Crippen LogP contribution < -0.4 is 5.32 Å². The SMILES string of the molecule is c1ccc(Nc2nnc(-c3ccccc3)n2-c2ccccc2)cc1. The van der Waals surface area contributed by atoms with Gasteiger partial charge in [-0.25, -0.2) is 0 Å². The molecule has 4 nitrogen and oxygen atoms in total. The van der Waals surface area contributed by atoms with Crippen LogP contribution in [0.1, 0.15) is 0 Å². The lowest BCUT2D eigenvalue weighted by molar-refractivity contribution is 1.07. The Morgan fingerprint density at radius 2 is 1.21 bits per heavy atom. The third-order valence-corrected chi connectivity index (χ3v) is 3.74. The number of rotatable bonds is 4. The standard InChI is InChI=1S/C20H16N4/c1-4-10-16(11-5-1)19-22-23-20(21-17-12-6-2-7-13-17)24(19)18-14-8-3-9-15-18/h1-15H,(H,21,23). The Kier molecular flexibility index (Phi) is 3.78. The fourth-order valence-corrected chi connectivity index (χ4v) is 2.61. The smallest absolute Gasteiger partial charge is 0.234 e. The molecule has 0 saturated carbocycles. The lowest BCUT2D eigenvalue weighted by Crippen LogP contribution is -2.03. The highest BCUT2D eigenvalue weighted by Gasteiger charge is 2.15. The second-order valence-electron chi connectivity index (χ2n) is 5.38. The van der Waals surface area contributed by atoms with Crippen molar-refractivity contribution in [3.8, 4) is 17.1 Å². The molecule has 1 heterocycles. The van der Waals surface area contributed by atoms with Gasteiger partial charge in [0.25, 0.3) is 0 Å². The largest absolute Gasteiger partial charge is 0.324 e. The number of para-hydroxylation sites is 2. The number of aromatic nitrogens is 3. The van der Waals surface area contributed by atoms with Gasteiger partial charge in [0.2, 0.25) is 5.95 Å². The summed E-state index contributed by atoms with van der Waals surface area (Å²) in [5.74, 6) is 1.49. The molecule has 24 heavy (non-hydrogen) atoms. The molecule has 4 aromatic rings. The zero-order valence-electron chi connectivity index (χ0n) is 13.0. The lowest BCUT2D eigenvalue weighted by atomic mass is 10.2. The number of nitrogens with one attached hydrogen (secondary N) is 1.